The molecular formula is C11H15ClN2OS. The molecule has 16 heavy (non-hydrogen) atoms. The van der Waals surface area contributed by atoms with Crippen molar-refractivity contribution in [2.24, 2.45) is 5.73 Å². The Balaban J connectivity index is 2.54. The summed E-state index contributed by atoms with van der Waals surface area (Å²) in [6.45, 7) is 0. The SMILES string of the molecule is CSCC[C@@H](N)C(=O)Nc1ccccc1Cl. The largest absolute Gasteiger partial charge is 0.323 e. The first-order chi connectivity index (χ1) is 7.65. The molecule has 0 saturated carbocycles. The highest BCUT2D eigenvalue weighted by molar-refractivity contribution is 7.98. The van der Waals surface area contributed by atoms with E-state index in [-0.39, 0.29) is 5.91 Å². The number of hydrogen-bond acceptors (Lipinski definition) is 3. The molecule has 0 radical (unpaired) electrons. The maximum absolute atomic E-state index is 11.7. The zero-order valence-electron chi connectivity index (χ0n) is 9.07. The van der Waals surface area contributed by atoms with E-state index in [0.29, 0.717) is 17.1 Å². The van der Waals surface area contributed by atoms with Crippen molar-refractivity contribution in [3.8, 4) is 0 Å². The fraction of sp³-hybridized carbons (Fsp3) is 0.364. The van der Waals surface area contributed by atoms with Crippen LogP contribution in [0.3, 0.4) is 0 Å². The first-order valence-corrected chi connectivity index (χ1v) is 6.72. The van der Waals surface area contributed by atoms with Gasteiger partial charge < -0.3 is 11.1 Å². The summed E-state index contributed by atoms with van der Waals surface area (Å²) in [6, 6.07) is 6.62. The summed E-state index contributed by atoms with van der Waals surface area (Å²) in [5.74, 6) is 0.680. The Bertz CT molecular complexity index is 360. The fourth-order valence-electron chi connectivity index (χ4n) is 1.16. The number of halogens is 1. The van der Waals surface area contributed by atoms with Crippen LogP contribution in [0.25, 0.3) is 0 Å². The molecule has 5 heteroatoms. The Morgan fingerprint density at radius 1 is 1.56 bits per heavy atom. The molecule has 0 saturated heterocycles. The van der Waals surface area contributed by atoms with Crippen molar-refractivity contribution in [3.63, 3.8) is 0 Å². The number of nitrogens with one attached hydrogen (secondary N) is 1. The first kappa shape index (κ1) is 13.4. The molecule has 0 aliphatic carbocycles. The molecule has 0 aliphatic rings. The molecule has 0 aromatic heterocycles. The van der Waals surface area contributed by atoms with Gasteiger partial charge in [0.15, 0.2) is 0 Å². The number of anilines is 1. The molecule has 1 rings (SSSR count). The molecule has 3 nitrogen and oxygen atoms in total. The lowest BCUT2D eigenvalue weighted by Gasteiger charge is -2.12. The van der Waals surface area contributed by atoms with Gasteiger partial charge in [-0.05, 0) is 30.6 Å². The van der Waals surface area contributed by atoms with Crippen LogP contribution in [0, 0.1) is 0 Å². The van der Waals surface area contributed by atoms with Crippen molar-refractivity contribution < 1.29 is 4.79 Å². The van der Waals surface area contributed by atoms with E-state index in [0.717, 1.165) is 5.75 Å². The van der Waals surface area contributed by atoms with Gasteiger partial charge in [-0.3, -0.25) is 4.79 Å². The molecule has 1 amide bonds. The van der Waals surface area contributed by atoms with Crippen LogP contribution in [0.15, 0.2) is 24.3 Å². The Kier molecular flexibility index (Phi) is 5.66. The maximum Gasteiger partial charge on any atom is 0.241 e. The van der Waals surface area contributed by atoms with Crippen LogP contribution in [0.4, 0.5) is 5.69 Å². The van der Waals surface area contributed by atoms with Gasteiger partial charge in [0.1, 0.15) is 0 Å². The number of para-hydroxylation sites is 1. The molecule has 88 valence electrons. The molecule has 0 aliphatic heterocycles. The van der Waals surface area contributed by atoms with Gasteiger partial charge in [-0.2, -0.15) is 11.8 Å². The molecule has 1 aromatic rings. The van der Waals surface area contributed by atoms with E-state index in [1.165, 1.54) is 0 Å². The summed E-state index contributed by atoms with van der Waals surface area (Å²) < 4.78 is 0. The van der Waals surface area contributed by atoms with Crippen LogP contribution < -0.4 is 11.1 Å². The number of carbonyl (C=O) groups excluding carboxylic acids is 1. The predicted molar refractivity (Wildman–Crippen MR) is 71.1 cm³/mol. The molecule has 3 N–H and O–H groups in total. The zero-order chi connectivity index (χ0) is 12.0. The van der Waals surface area contributed by atoms with Crippen LogP contribution >= 0.6 is 23.4 Å². The van der Waals surface area contributed by atoms with Gasteiger partial charge in [0.05, 0.1) is 16.8 Å². The third-order valence-electron chi connectivity index (χ3n) is 2.10. The number of hydrogen-bond donors (Lipinski definition) is 2. The summed E-state index contributed by atoms with van der Waals surface area (Å²) in [4.78, 5) is 11.7. The predicted octanol–water partition coefficient (Wildman–Crippen LogP) is 2.36. The third kappa shape index (κ3) is 4.04. The van der Waals surface area contributed by atoms with Crippen molar-refractivity contribution in [2.45, 2.75) is 12.5 Å². The molecule has 1 aromatic carbocycles. The van der Waals surface area contributed by atoms with Gasteiger partial charge in [-0.1, -0.05) is 23.7 Å². The smallest absolute Gasteiger partial charge is 0.241 e. The molecule has 0 unspecified atom stereocenters. The number of carbonyl (C=O) groups is 1. The minimum absolute atomic E-state index is 0.192. The summed E-state index contributed by atoms with van der Waals surface area (Å²) in [7, 11) is 0. The number of nitrogens with two attached hydrogens (primary N) is 1. The van der Waals surface area contributed by atoms with Crippen molar-refractivity contribution in [3.05, 3.63) is 29.3 Å². The van der Waals surface area contributed by atoms with Gasteiger partial charge in [-0.25, -0.2) is 0 Å². The van der Waals surface area contributed by atoms with Crippen molar-refractivity contribution in [2.75, 3.05) is 17.3 Å². The van der Waals surface area contributed by atoms with Crippen molar-refractivity contribution in [1.29, 1.82) is 0 Å². The van der Waals surface area contributed by atoms with Crippen molar-refractivity contribution in [1.82, 2.24) is 0 Å². The monoisotopic (exact) mass is 258 g/mol. The summed E-state index contributed by atoms with van der Waals surface area (Å²) in [5.41, 5.74) is 6.34. The van der Waals surface area contributed by atoms with Crippen LogP contribution in [0.5, 0.6) is 0 Å². The topological polar surface area (TPSA) is 55.1 Å². The van der Waals surface area contributed by atoms with E-state index >= 15 is 0 Å². The van der Waals surface area contributed by atoms with E-state index in [9.17, 15) is 4.79 Å². The lowest BCUT2D eigenvalue weighted by Crippen LogP contribution is -2.36. The van der Waals surface area contributed by atoms with Crippen LogP contribution in [-0.4, -0.2) is 24.0 Å². The van der Waals surface area contributed by atoms with Gasteiger partial charge in [0.25, 0.3) is 0 Å². The Morgan fingerprint density at radius 2 is 2.25 bits per heavy atom. The van der Waals surface area contributed by atoms with Gasteiger partial charge in [0.2, 0.25) is 5.91 Å². The van der Waals surface area contributed by atoms with E-state index in [1.54, 1.807) is 23.9 Å². The average molecular weight is 259 g/mol. The van der Waals surface area contributed by atoms with Gasteiger partial charge >= 0.3 is 0 Å². The van der Waals surface area contributed by atoms with Crippen LogP contribution in [0.2, 0.25) is 5.02 Å². The van der Waals surface area contributed by atoms with E-state index in [1.807, 2.05) is 18.4 Å². The van der Waals surface area contributed by atoms with E-state index in [4.69, 9.17) is 17.3 Å². The normalized spacial score (nSPS) is 12.2. The minimum Gasteiger partial charge on any atom is -0.323 e. The maximum atomic E-state index is 11.7. The first-order valence-electron chi connectivity index (χ1n) is 4.95. The molecule has 0 heterocycles. The summed E-state index contributed by atoms with van der Waals surface area (Å²) in [6.07, 6.45) is 2.65. The third-order valence-corrected chi connectivity index (χ3v) is 3.08. The number of amides is 1. The minimum atomic E-state index is -0.483. The molecular weight excluding hydrogens is 244 g/mol. The second-order valence-corrected chi connectivity index (χ2v) is 4.75. The average Bonchev–Trinajstić information content (AvgIpc) is 2.28. The highest BCUT2D eigenvalue weighted by Gasteiger charge is 2.13. The molecule has 0 bridgehead atoms. The van der Waals surface area contributed by atoms with Crippen LogP contribution in [-0.2, 0) is 4.79 Å². The van der Waals surface area contributed by atoms with E-state index < -0.39 is 6.04 Å². The summed E-state index contributed by atoms with van der Waals surface area (Å²) >= 11 is 7.59. The second kappa shape index (κ2) is 6.78. The molecule has 0 spiro atoms. The van der Waals surface area contributed by atoms with E-state index in [2.05, 4.69) is 5.32 Å². The van der Waals surface area contributed by atoms with Gasteiger partial charge in [-0.15, -0.1) is 0 Å². The second-order valence-electron chi connectivity index (χ2n) is 3.36. The lowest BCUT2D eigenvalue weighted by molar-refractivity contribution is -0.117. The highest BCUT2D eigenvalue weighted by Crippen LogP contribution is 2.20. The number of rotatable bonds is 5. The number of benzene rings is 1. The lowest BCUT2D eigenvalue weighted by atomic mass is 10.2. The Morgan fingerprint density at radius 3 is 2.88 bits per heavy atom. The van der Waals surface area contributed by atoms with Crippen LogP contribution in [0.1, 0.15) is 6.42 Å². The Hall–Kier alpha value is -0.710. The number of thioether (sulfide) groups is 1. The zero-order valence-corrected chi connectivity index (χ0v) is 10.6. The standard InChI is InChI=1S/C11H15ClN2OS/c1-16-7-6-9(13)11(15)14-10-5-3-2-4-8(10)12/h2-5,9H,6-7,13H2,1H3,(H,14,15)/t9-/m1/s1. The summed E-state index contributed by atoms with van der Waals surface area (Å²) in [5, 5.41) is 3.23. The molecule has 0 fully saturated rings. The van der Waals surface area contributed by atoms with Crippen molar-refractivity contribution >= 4 is 35.0 Å². The van der Waals surface area contributed by atoms with Gasteiger partial charge in [0, 0.05) is 0 Å². The Labute approximate surface area is 105 Å². The molecule has 1 atom stereocenters. The highest BCUT2D eigenvalue weighted by atomic mass is 35.5. The fourth-order valence-corrected chi connectivity index (χ4v) is 1.84. The quantitative estimate of drug-likeness (QED) is 0.853.